The van der Waals surface area contributed by atoms with Crippen molar-refractivity contribution in [2.24, 2.45) is 5.92 Å². The highest BCUT2D eigenvalue weighted by atomic mass is 16.7. The minimum Gasteiger partial charge on any atom is -0.454 e. The first-order chi connectivity index (χ1) is 17.7. The number of aromatic nitrogens is 1. The Kier molecular flexibility index (Phi) is 10.6. The van der Waals surface area contributed by atoms with E-state index in [1.165, 1.54) is 0 Å². The van der Waals surface area contributed by atoms with Crippen LogP contribution in [0.4, 0.5) is 4.79 Å². The molecule has 2 heterocycles. The number of ether oxygens (including phenoxy) is 3. The number of fused-ring (bicyclic) bond motifs is 1. The monoisotopic (exact) mass is 512 g/mol. The summed E-state index contributed by atoms with van der Waals surface area (Å²) in [6.45, 7) is 9.59. The number of hydrogen-bond acceptors (Lipinski definition) is 7. The molecule has 202 valence electrons. The van der Waals surface area contributed by atoms with Crippen LogP contribution in [0.5, 0.6) is 11.5 Å². The van der Waals surface area contributed by atoms with Crippen LogP contribution in [0.3, 0.4) is 0 Å². The van der Waals surface area contributed by atoms with Crippen LogP contribution in [-0.4, -0.2) is 49.0 Å². The number of alkyl carbamates (subject to hydrolysis) is 1. The predicted octanol–water partition coefficient (Wildman–Crippen LogP) is 4.13. The third-order valence-corrected chi connectivity index (χ3v) is 6.15. The van der Waals surface area contributed by atoms with E-state index in [2.05, 4.69) is 27.9 Å². The fraction of sp³-hybridized carbons (Fsp3) is 0.536. The fourth-order valence-electron chi connectivity index (χ4n) is 4.11. The molecule has 0 aliphatic carbocycles. The predicted molar refractivity (Wildman–Crippen MR) is 142 cm³/mol. The first kappa shape index (κ1) is 28.2. The van der Waals surface area contributed by atoms with Gasteiger partial charge < -0.3 is 30.2 Å². The van der Waals surface area contributed by atoms with Crippen molar-refractivity contribution in [1.82, 2.24) is 20.9 Å². The second-order valence-corrected chi connectivity index (χ2v) is 10.2. The molecule has 1 aromatic carbocycles. The van der Waals surface area contributed by atoms with Crippen molar-refractivity contribution in [3.63, 3.8) is 0 Å². The lowest BCUT2D eigenvalue weighted by Crippen LogP contribution is -2.39. The Morgan fingerprint density at radius 2 is 1.73 bits per heavy atom. The van der Waals surface area contributed by atoms with E-state index >= 15 is 0 Å². The number of carbonyl (C=O) groups is 2. The summed E-state index contributed by atoms with van der Waals surface area (Å²) in [5.74, 6) is 1.64. The number of rotatable bonds is 13. The maximum absolute atomic E-state index is 13.2. The van der Waals surface area contributed by atoms with Gasteiger partial charge in [-0.1, -0.05) is 19.4 Å². The van der Waals surface area contributed by atoms with Gasteiger partial charge in [0, 0.05) is 25.5 Å². The van der Waals surface area contributed by atoms with Gasteiger partial charge in [0.2, 0.25) is 12.7 Å². The minimum atomic E-state index is -0.524. The molecule has 0 radical (unpaired) electrons. The van der Waals surface area contributed by atoms with Crippen LogP contribution >= 0.6 is 0 Å². The van der Waals surface area contributed by atoms with Gasteiger partial charge in [0.05, 0.1) is 0 Å². The summed E-state index contributed by atoms with van der Waals surface area (Å²) >= 11 is 0. The van der Waals surface area contributed by atoms with Crippen LogP contribution in [0.15, 0.2) is 42.7 Å². The summed E-state index contributed by atoms with van der Waals surface area (Å²) in [6, 6.07) is 8.97. The molecule has 1 aliphatic rings. The molecule has 3 rings (SSSR count). The highest BCUT2D eigenvalue weighted by molar-refractivity contribution is 5.83. The van der Waals surface area contributed by atoms with Crippen molar-refractivity contribution in [1.29, 1.82) is 0 Å². The molecule has 2 atom stereocenters. The van der Waals surface area contributed by atoms with E-state index < -0.39 is 17.7 Å². The average Bonchev–Trinajstić information content (AvgIpc) is 3.33. The second-order valence-electron chi connectivity index (χ2n) is 10.2. The van der Waals surface area contributed by atoms with E-state index in [1.54, 1.807) is 12.4 Å². The zero-order valence-electron chi connectivity index (χ0n) is 22.3. The molecule has 2 amide bonds. The summed E-state index contributed by atoms with van der Waals surface area (Å²) in [7, 11) is 0. The summed E-state index contributed by atoms with van der Waals surface area (Å²) in [5.41, 5.74) is 1.43. The zero-order valence-corrected chi connectivity index (χ0v) is 22.3. The van der Waals surface area contributed by atoms with Gasteiger partial charge in [0.1, 0.15) is 11.6 Å². The highest BCUT2D eigenvalue weighted by Gasteiger charge is 2.24. The van der Waals surface area contributed by atoms with Crippen molar-refractivity contribution in [3.05, 3.63) is 53.9 Å². The van der Waals surface area contributed by atoms with Crippen LogP contribution < -0.4 is 25.4 Å². The van der Waals surface area contributed by atoms with Crippen molar-refractivity contribution in [2.75, 3.05) is 26.4 Å². The number of pyridine rings is 1. The molecular weight excluding hydrogens is 472 g/mol. The van der Waals surface area contributed by atoms with E-state index in [0.717, 1.165) is 36.8 Å². The molecule has 9 heteroatoms. The number of carbonyl (C=O) groups excluding carboxylic acids is 2. The largest absolute Gasteiger partial charge is 0.454 e. The van der Waals surface area contributed by atoms with Crippen LogP contribution in [-0.2, 0) is 16.0 Å². The van der Waals surface area contributed by atoms with Crippen molar-refractivity contribution >= 4 is 12.0 Å². The molecule has 0 saturated heterocycles. The molecule has 2 aromatic rings. The number of benzene rings is 1. The van der Waals surface area contributed by atoms with Crippen LogP contribution in [0.25, 0.3) is 0 Å². The first-order valence-corrected chi connectivity index (χ1v) is 13.0. The van der Waals surface area contributed by atoms with Crippen LogP contribution in [0.1, 0.15) is 64.1 Å². The second kappa shape index (κ2) is 13.8. The van der Waals surface area contributed by atoms with Crippen LogP contribution in [0, 0.1) is 5.92 Å². The smallest absolute Gasteiger partial charge is 0.407 e. The van der Waals surface area contributed by atoms with E-state index in [1.807, 2.05) is 51.1 Å². The van der Waals surface area contributed by atoms with E-state index in [-0.39, 0.29) is 12.7 Å². The molecule has 0 spiro atoms. The number of nitrogens with zero attached hydrogens (tertiary/aromatic N) is 1. The van der Waals surface area contributed by atoms with E-state index in [9.17, 15) is 9.59 Å². The first-order valence-electron chi connectivity index (χ1n) is 13.0. The molecule has 1 aliphatic heterocycles. The molecule has 2 unspecified atom stereocenters. The number of amides is 2. The van der Waals surface area contributed by atoms with E-state index in [4.69, 9.17) is 14.2 Å². The molecule has 0 saturated carbocycles. The summed E-state index contributed by atoms with van der Waals surface area (Å²) < 4.78 is 16.3. The standard InChI is InChI=1S/C28H40N4O5/c1-5-20(11-17-32-27(34)37-28(2,3)4)10-15-30-25(22-6-7-23-24(18-22)36-19-35-23)26(33)31-16-12-21-8-13-29-14-9-21/h6-9,13-14,18,20,25,30H,5,10-12,15-17,19H2,1-4H3,(H,31,33)(H,32,34). The molecule has 0 fully saturated rings. The Hall–Kier alpha value is -3.33. The van der Waals surface area contributed by atoms with Crippen molar-refractivity contribution in [2.45, 2.75) is 65.0 Å². The lowest BCUT2D eigenvalue weighted by molar-refractivity contribution is -0.123. The lowest BCUT2D eigenvalue weighted by Gasteiger charge is -2.22. The summed E-state index contributed by atoms with van der Waals surface area (Å²) in [6.07, 6.45) is 6.52. The molecule has 3 N–H and O–H groups in total. The van der Waals surface area contributed by atoms with Gasteiger partial charge in [-0.05, 0) is 87.9 Å². The Balaban J connectivity index is 1.53. The van der Waals surface area contributed by atoms with Gasteiger partial charge in [0.25, 0.3) is 0 Å². The van der Waals surface area contributed by atoms with Gasteiger partial charge >= 0.3 is 6.09 Å². The Morgan fingerprint density at radius 1 is 1.00 bits per heavy atom. The average molecular weight is 513 g/mol. The van der Waals surface area contributed by atoms with Gasteiger partial charge in [0.15, 0.2) is 11.5 Å². The lowest BCUT2D eigenvalue weighted by atomic mass is 9.97. The van der Waals surface area contributed by atoms with Gasteiger partial charge in [-0.3, -0.25) is 9.78 Å². The highest BCUT2D eigenvalue weighted by Crippen LogP contribution is 2.34. The third kappa shape index (κ3) is 9.57. The van der Waals surface area contributed by atoms with Crippen molar-refractivity contribution < 1.29 is 23.8 Å². The topological polar surface area (TPSA) is 111 Å². The Morgan fingerprint density at radius 3 is 2.46 bits per heavy atom. The molecular formula is C28H40N4O5. The fourth-order valence-corrected chi connectivity index (χ4v) is 4.11. The minimum absolute atomic E-state index is 0.0902. The normalized spacial score (nSPS) is 14.1. The number of nitrogens with one attached hydrogen (secondary N) is 3. The maximum Gasteiger partial charge on any atom is 0.407 e. The molecule has 1 aromatic heterocycles. The third-order valence-electron chi connectivity index (χ3n) is 6.15. The quantitative estimate of drug-likeness (QED) is 0.370. The van der Waals surface area contributed by atoms with Crippen LogP contribution in [0.2, 0.25) is 0 Å². The summed E-state index contributed by atoms with van der Waals surface area (Å²) in [4.78, 5) is 29.2. The molecule has 0 bridgehead atoms. The molecule has 37 heavy (non-hydrogen) atoms. The number of hydrogen-bond donors (Lipinski definition) is 3. The Labute approximate surface area is 219 Å². The van der Waals surface area contributed by atoms with Gasteiger partial charge in [-0.2, -0.15) is 0 Å². The van der Waals surface area contributed by atoms with Gasteiger partial charge in [-0.25, -0.2) is 4.79 Å². The molecule has 9 nitrogen and oxygen atoms in total. The Bertz CT molecular complexity index is 1010. The van der Waals surface area contributed by atoms with Crippen molar-refractivity contribution in [3.8, 4) is 11.5 Å². The van der Waals surface area contributed by atoms with Gasteiger partial charge in [-0.15, -0.1) is 0 Å². The zero-order chi connectivity index (χ0) is 26.7. The van der Waals surface area contributed by atoms with E-state index in [0.29, 0.717) is 37.1 Å². The maximum atomic E-state index is 13.2. The SMILES string of the molecule is CCC(CCNC(=O)OC(C)(C)C)CCNC(C(=O)NCCc1ccncc1)c1ccc2c(c1)OCO2. The summed E-state index contributed by atoms with van der Waals surface area (Å²) in [5, 5.41) is 9.33.